The molecule has 0 spiro atoms. The molecule has 1 heterocycles. The van der Waals surface area contributed by atoms with Crippen LogP contribution in [0.25, 0.3) is 0 Å². The molecule has 6 heteroatoms. The highest BCUT2D eigenvalue weighted by Crippen LogP contribution is 2.07. The molecule has 0 bridgehead atoms. The summed E-state index contributed by atoms with van der Waals surface area (Å²) in [7, 11) is -3.40. The third kappa shape index (κ3) is 5.18. The molecule has 2 N–H and O–H groups in total. The van der Waals surface area contributed by atoms with Crippen molar-refractivity contribution in [3.05, 3.63) is 12.0 Å². The van der Waals surface area contributed by atoms with Gasteiger partial charge in [-0.05, 0) is 13.3 Å². The quantitative estimate of drug-likeness (QED) is 0.678. The second kappa shape index (κ2) is 7.53. The van der Waals surface area contributed by atoms with E-state index < -0.39 is 10.0 Å². The van der Waals surface area contributed by atoms with E-state index >= 15 is 0 Å². The average molecular weight is 273 g/mol. The van der Waals surface area contributed by atoms with Gasteiger partial charge in [0, 0.05) is 6.54 Å². The van der Waals surface area contributed by atoms with Gasteiger partial charge in [-0.1, -0.05) is 39.0 Å². The van der Waals surface area contributed by atoms with Gasteiger partial charge in [0.2, 0.25) is 0 Å². The normalized spacial score (nSPS) is 11.9. The molecule has 0 radical (unpaired) electrons. The molecule has 1 aromatic heterocycles. The molecule has 1 aromatic rings. The fraction of sp³-hybridized carbons (Fsp3) is 0.750. The van der Waals surface area contributed by atoms with Crippen molar-refractivity contribution in [3.63, 3.8) is 0 Å². The second-order valence-corrected chi connectivity index (χ2v) is 6.23. The summed E-state index contributed by atoms with van der Waals surface area (Å²) in [5.74, 6) is 0.606. The SMILES string of the molecule is CCCCCCCCNS(=O)(=O)c1cnc(C)[nH]1. The van der Waals surface area contributed by atoms with E-state index in [9.17, 15) is 8.42 Å². The number of unbranched alkanes of at least 4 members (excludes halogenated alkanes) is 5. The van der Waals surface area contributed by atoms with E-state index in [0.29, 0.717) is 12.4 Å². The number of rotatable bonds is 9. The maximum atomic E-state index is 11.8. The Kier molecular flexibility index (Phi) is 6.35. The number of nitrogens with one attached hydrogen (secondary N) is 2. The maximum absolute atomic E-state index is 11.8. The topological polar surface area (TPSA) is 74.8 Å². The fourth-order valence-electron chi connectivity index (χ4n) is 1.72. The van der Waals surface area contributed by atoms with Gasteiger partial charge in [-0.3, -0.25) is 0 Å². The Hall–Kier alpha value is -0.880. The first kappa shape index (κ1) is 15.2. The summed E-state index contributed by atoms with van der Waals surface area (Å²) in [6, 6.07) is 0. The molecule has 0 aliphatic rings. The first-order valence-electron chi connectivity index (χ1n) is 6.57. The number of aromatic nitrogens is 2. The van der Waals surface area contributed by atoms with Gasteiger partial charge in [-0.25, -0.2) is 18.1 Å². The van der Waals surface area contributed by atoms with Crippen LogP contribution in [-0.2, 0) is 10.0 Å². The minimum atomic E-state index is -3.40. The predicted octanol–water partition coefficient (Wildman–Crippen LogP) is 2.36. The van der Waals surface area contributed by atoms with Crippen molar-refractivity contribution >= 4 is 10.0 Å². The number of nitrogens with zero attached hydrogens (tertiary/aromatic N) is 1. The molecule has 1 rings (SSSR count). The number of aryl methyl sites for hydroxylation is 1. The van der Waals surface area contributed by atoms with Crippen molar-refractivity contribution in [3.8, 4) is 0 Å². The first-order chi connectivity index (χ1) is 8.56. The third-order valence-electron chi connectivity index (χ3n) is 2.79. The molecule has 5 nitrogen and oxygen atoms in total. The molecule has 0 aromatic carbocycles. The van der Waals surface area contributed by atoms with Gasteiger partial charge < -0.3 is 4.98 Å². The zero-order valence-corrected chi connectivity index (χ0v) is 12.0. The lowest BCUT2D eigenvalue weighted by molar-refractivity contribution is 0.565. The molecule has 104 valence electrons. The van der Waals surface area contributed by atoms with Gasteiger partial charge >= 0.3 is 0 Å². The van der Waals surface area contributed by atoms with Gasteiger partial charge in [0.1, 0.15) is 5.82 Å². The highest BCUT2D eigenvalue weighted by Gasteiger charge is 2.15. The maximum Gasteiger partial charge on any atom is 0.257 e. The van der Waals surface area contributed by atoms with Crippen LogP contribution in [0, 0.1) is 6.92 Å². The van der Waals surface area contributed by atoms with Crippen molar-refractivity contribution in [2.75, 3.05) is 6.54 Å². The zero-order chi connectivity index (χ0) is 13.4. The summed E-state index contributed by atoms with van der Waals surface area (Å²) in [6.07, 6.45) is 8.21. The number of imidazole rings is 1. The van der Waals surface area contributed by atoms with Crippen molar-refractivity contribution in [2.24, 2.45) is 0 Å². The third-order valence-corrected chi connectivity index (χ3v) is 4.16. The zero-order valence-electron chi connectivity index (χ0n) is 11.2. The van der Waals surface area contributed by atoms with Crippen molar-refractivity contribution in [1.29, 1.82) is 0 Å². The number of H-pyrrole nitrogens is 1. The summed E-state index contributed by atoms with van der Waals surface area (Å²) < 4.78 is 26.2. The molecule has 18 heavy (non-hydrogen) atoms. The van der Waals surface area contributed by atoms with Crippen molar-refractivity contribution < 1.29 is 8.42 Å². The number of aromatic amines is 1. The van der Waals surface area contributed by atoms with Crippen LogP contribution >= 0.6 is 0 Å². The van der Waals surface area contributed by atoms with E-state index in [-0.39, 0.29) is 5.03 Å². The lowest BCUT2D eigenvalue weighted by atomic mass is 10.1. The molecule has 0 unspecified atom stereocenters. The van der Waals surface area contributed by atoms with Gasteiger partial charge in [-0.2, -0.15) is 0 Å². The predicted molar refractivity (Wildman–Crippen MR) is 71.9 cm³/mol. The number of hydrogen-bond acceptors (Lipinski definition) is 3. The largest absolute Gasteiger partial charge is 0.332 e. The van der Waals surface area contributed by atoms with Crippen LogP contribution in [0.5, 0.6) is 0 Å². The Labute approximate surface area is 109 Å². The van der Waals surface area contributed by atoms with Crippen LogP contribution < -0.4 is 4.72 Å². The lowest BCUT2D eigenvalue weighted by Crippen LogP contribution is -2.25. The monoisotopic (exact) mass is 273 g/mol. The summed E-state index contributed by atoms with van der Waals surface area (Å²) >= 11 is 0. The highest BCUT2D eigenvalue weighted by atomic mass is 32.2. The summed E-state index contributed by atoms with van der Waals surface area (Å²) in [4.78, 5) is 6.61. The van der Waals surface area contributed by atoms with E-state index in [4.69, 9.17) is 0 Å². The minimum Gasteiger partial charge on any atom is -0.332 e. The molecular weight excluding hydrogens is 250 g/mol. The molecule has 0 saturated carbocycles. The van der Waals surface area contributed by atoms with Crippen molar-refractivity contribution in [1.82, 2.24) is 14.7 Å². The molecule has 0 atom stereocenters. The summed E-state index contributed by atoms with van der Waals surface area (Å²) in [6.45, 7) is 4.40. The first-order valence-corrected chi connectivity index (χ1v) is 8.06. The van der Waals surface area contributed by atoms with E-state index in [2.05, 4.69) is 21.6 Å². The van der Waals surface area contributed by atoms with E-state index in [1.54, 1.807) is 6.92 Å². The fourth-order valence-corrected chi connectivity index (χ4v) is 2.77. The van der Waals surface area contributed by atoms with E-state index in [1.807, 2.05) is 0 Å². The summed E-state index contributed by atoms with van der Waals surface area (Å²) in [5, 5.41) is 0.144. The van der Waals surface area contributed by atoms with Crippen LogP contribution in [0.3, 0.4) is 0 Å². The standard InChI is InChI=1S/C12H23N3O2S/c1-3-4-5-6-7-8-9-14-18(16,17)12-10-13-11(2)15-12/h10,14H,3-9H2,1-2H3,(H,13,15). The number of hydrogen-bond donors (Lipinski definition) is 2. The molecule has 0 aliphatic carbocycles. The van der Waals surface area contributed by atoms with Gasteiger partial charge in [0.25, 0.3) is 10.0 Å². The Morgan fingerprint density at radius 3 is 2.50 bits per heavy atom. The Morgan fingerprint density at radius 2 is 1.89 bits per heavy atom. The average Bonchev–Trinajstić information content (AvgIpc) is 2.75. The highest BCUT2D eigenvalue weighted by molar-refractivity contribution is 7.89. The molecule has 0 fully saturated rings. The van der Waals surface area contributed by atoms with Crippen LogP contribution in [0.15, 0.2) is 11.2 Å². The Balaban J connectivity index is 2.22. The van der Waals surface area contributed by atoms with E-state index in [1.165, 1.54) is 31.9 Å². The molecule has 0 amide bonds. The van der Waals surface area contributed by atoms with E-state index in [0.717, 1.165) is 12.8 Å². The van der Waals surface area contributed by atoms with Crippen LogP contribution in [0.2, 0.25) is 0 Å². The summed E-state index contributed by atoms with van der Waals surface area (Å²) in [5.41, 5.74) is 0. The number of sulfonamides is 1. The van der Waals surface area contributed by atoms with Crippen LogP contribution in [0.4, 0.5) is 0 Å². The van der Waals surface area contributed by atoms with Crippen LogP contribution in [0.1, 0.15) is 51.3 Å². The smallest absolute Gasteiger partial charge is 0.257 e. The Bertz CT molecular complexity index is 440. The van der Waals surface area contributed by atoms with Crippen LogP contribution in [-0.4, -0.2) is 24.9 Å². The minimum absolute atomic E-state index is 0.144. The lowest BCUT2D eigenvalue weighted by Gasteiger charge is -2.04. The van der Waals surface area contributed by atoms with Gasteiger partial charge in [0.15, 0.2) is 5.03 Å². The molecular formula is C12H23N3O2S. The van der Waals surface area contributed by atoms with Crippen molar-refractivity contribution in [2.45, 2.75) is 57.4 Å². The molecule has 0 saturated heterocycles. The second-order valence-electron chi connectivity index (χ2n) is 4.50. The van der Waals surface area contributed by atoms with Gasteiger partial charge in [0.05, 0.1) is 6.20 Å². The molecule has 0 aliphatic heterocycles. The van der Waals surface area contributed by atoms with Gasteiger partial charge in [-0.15, -0.1) is 0 Å². The Morgan fingerprint density at radius 1 is 1.22 bits per heavy atom.